The van der Waals surface area contributed by atoms with E-state index in [1.165, 1.54) is 17.7 Å². The van der Waals surface area contributed by atoms with Gasteiger partial charge in [-0.05, 0) is 32.4 Å². The third-order valence-corrected chi connectivity index (χ3v) is 4.60. The molecule has 18 heavy (non-hydrogen) atoms. The van der Waals surface area contributed by atoms with Crippen LogP contribution < -0.4 is 10.1 Å². The SMILES string of the molecule is Cc1ccc(OCC(C)NC2CSC(C)C2)cc1. The maximum absolute atomic E-state index is 5.79. The van der Waals surface area contributed by atoms with Gasteiger partial charge in [0.1, 0.15) is 12.4 Å². The van der Waals surface area contributed by atoms with Crippen molar-refractivity contribution in [1.82, 2.24) is 5.32 Å². The Kier molecular flexibility index (Phi) is 4.95. The molecule has 0 spiro atoms. The zero-order valence-electron chi connectivity index (χ0n) is 11.5. The summed E-state index contributed by atoms with van der Waals surface area (Å²) in [5.74, 6) is 2.19. The Balaban J connectivity index is 1.71. The molecule has 3 unspecified atom stereocenters. The summed E-state index contributed by atoms with van der Waals surface area (Å²) in [7, 11) is 0. The van der Waals surface area contributed by atoms with Crippen LogP contribution in [0.4, 0.5) is 0 Å². The maximum atomic E-state index is 5.79. The largest absolute Gasteiger partial charge is 0.492 e. The number of ether oxygens (including phenoxy) is 1. The molecule has 1 N–H and O–H groups in total. The first-order valence-corrected chi connectivity index (χ1v) is 7.75. The molecule has 1 heterocycles. The van der Waals surface area contributed by atoms with E-state index in [0.29, 0.717) is 12.1 Å². The van der Waals surface area contributed by atoms with E-state index in [1.54, 1.807) is 0 Å². The molecule has 3 heteroatoms. The highest BCUT2D eigenvalue weighted by atomic mass is 32.2. The van der Waals surface area contributed by atoms with Gasteiger partial charge >= 0.3 is 0 Å². The average molecular weight is 265 g/mol. The van der Waals surface area contributed by atoms with Crippen molar-refractivity contribution in [3.05, 3.63) is 29.8 Å². The van der Waals surface area contributed by atoms with E-state index in [2.05, 4.69) is 50.0 Å². The molecule has 0 aromatic heterocycles. The lowest BCUT2D eigenvalue weighted by Gasteiger charge is -2.19. The van der Waals surface area contributed by atoms with Gasteiger partial charge in [-0.25, -0.2) is 0 Å². The number of thioether (sulfide) groups is 1. The molecule has 0 aliphatic carbocycles. The minimum absolute atomic E-state index is 0.405. The second kappa shape index (κ2) is 6.48. The molecule has 2 nitrogen and oxygen atoms in total. The van der Waals surface area contributed by atoms with Crippen LogP contribution in [0.15, 0.2) is 24.3 Å². The topological polar surface area (TPSA) is 21.3 Å². The molecule has 2 rings (SSSR count). The molecule has 0 saturated carbocycles. The Morgan fingerprint density at radius 3 is 2.72 bits per heavy atom. The van der Waals surface area contributed by atoms with Crippen LogP contribution in [0.1, 0.15) is 25.8 Å². The van der Waals surface area contributed by atoms with Crippen LogP contribution in [0.3, 0.4) is 0 Å². The predicted molar refractivity (Wildman–Crippen MR) is 79.6 cm³/mol. The summed E-state index contributed by atoms with van der Waals surface area (Å²) < 4.78 is 5.79. The summed E-state index contributed by atoms with van der Waals surface area (Å²) in [6.45, 7) is 7.33. The quantitative estimate of drug-likeness (QED) is 0.883. The van der Waals surface area contributed by atoms with Crippen LogP contribution >= 0.6 is 11.8 Å². The fourth-order valence-corrected chi connectivity index (χ4v) is 3.40. The fourth-order valence-electron chi connectivity index (χ4n) is 2.24. The standard InChI is InChI=1S/C15H23NOS/c1-11-4-6-15(7-5-11)17-9-12(2)16-14-8-13(3)18-10-14/h4-7,12-14,16H,8-10H2,1-3H3. The first-order chi connectivity index (χ1) is 8.63. The van der Waals surface area contributed by atoms with Crippen LogP contribution in [-0.4, -0.2) is 29.7 Å². The third kappa shape index (κ3) is 4.21. The molecule has 0 bridgehead atoms. The van der Waals surface area contributed by atoms with Crippen LogP contribution in [0.5, 0.6) is 5.75 Å². The van der Waals surface area contributed by atoms with Crippen molar-refractivity contribution < 1.29 is 4.74 Å². The van der Waals surface area contributed by atoms with E-state index >= 15 is 0 Å². The van der Waals surface area contributed by atoms with Gasteiger partial charge in [0.25, 0.3) is 0 Å². The van der Waals surface area contributed by atoms with Crippen molar-refractivity contribution in [3.8, 4) is 5.75 Å². The van der Waals surface area contributed by atoms with Gasteiger partial charge in [-0.15, -0.1) is 0 Å². The highest BCUT2D eigenvalue weighted by Crippen LogP contribution is 2.26. The number of hydrogen-bond donors (Lipinski definition) is 1. The van der Waals surface area contributed by atoms with Gasteiger partial charge in [0.05, 0.1) is 0 Å². The van der Waals surface area contributed by atoms with E-state index in [-0.39, 0.29) is 0 Å². The molecule has 0 amide bonds. The zero-order chi connectivity index (χ0) is 13.0. The lowest BCUT2D eigenvalue weighted by molar-refractivity contribution is 0.263. The first-order valence-electron chi connectivity index (χ1n) is 6.70. The van der Waals surface area contributed by atoms with Crippen molar-refractivity contribution in [2.45, 2.75) is 44.5 Å². The molecule has 1 aromatic carbocycles. The molecule has 1 aromatic rings. The normalized spacial score (nSPS) is 25.1. The summed E-state index contributed by atoms with van der Waals surface area (Å²) in [4.78, 5) is 0. The first kappa shape index (κ1) is 13.8. The van der Waals surface area contributed by atoms with Crippen molar-refractivity contribution in [1.29, 1.82) is 0 Å². The molecular weight excluding hydrogens is 242 g/mol. The average Bonchev–Trinajstić information content (AvgIpc) is 2.74. The van der Waals surface area contributed by atoms with Crippen LogP contribution in [0, 0.1) is 6.92 Å². The number of hydrogen-bond acceptors (Lipinski definition) is 3. The maximum Gasteiger partial charge on any atom is 0.119 e. The number of nitrogens with one attached hydrogen (secondary N) is 1. The number of benzene rings is 1. The summed E-state index contributed by atoms with van der Waals surface area (Å²) in [6, 6.07) is 9.31. The summed E-state index contributed by atoms with van der Waals surface area (Å²) >= 11 is 2.06. The smallest absolute Gasteiger partial charge is 0.119 e. The lowest BCUT2D eigenvalue weighted by atomic mass is 10.2. The highest BCUT2D eigenvalue weighted by Gasteiger charge is 2.22. The second-order valence-corrected chi connectivity index (χ2v) is 6.74. The van der Waals surface area contributed by atoms with Gasteiger partial charge < -0.3 is 10.1 Å². The van der Waals surface area contributed by atoms with Gasteiger partial charge in [0.15, 0.2) is 0 Å². The van der Waals surface area contributed by atoms with Gasteiger partial charge in [-0.2, -0.15) is 11.8 Å². The van der Waals surface area contributed by atoms with E-state index in [4.69, 9.17) is 4.74 Å². The summed E-state index contributed by atoms with van der Waals surface area (Å²) in [5, 5.41) is 4.44. The van der Waals surface area contributed by atoms with E-state index < -0.39 is 0 Å². The van der Waals surface area contributed by atoms with Crippen LogP contribution in [0.2, 0.25) is 0 Å². The van der Waals surface area contributed by atoms with Crippen molar-refractivity contribution in [2.75, 3.05) is 12.4 Å². The minimum atomic E-state index is 0.405. The second-order valence-electron chi connectivity index (χ2n) is 5.27. The Bertz CT molecular complexity index is 365. The van der Waals surface area contributed by atoms with E-state index in [1.807, 2.05) is 12.1 Å². The van der Waals surface area contributed by atoms with Crippen LogP contribution in [0.25, 0.3) is 0 Å². The fraction of sp³-hybridized carbons (Fsp3) is 0.600. The molecule has 1 aliphatic heterocycles. The van der Waals surface area contributed by atoms with Gasteiger partial charge in [-0.1, -0.05) is 24.6 Å². The molecule has 1 saturated heterocycles. The molecule has 1 fully saturated rings. The van der Waals surface area contributed by atoms with Crippen molar-refractivity contribution in [3.63, 3.8) is 0 Å². The monoisotopic (exact) mass is 265 g/mol. The molecule has 100 valence electrons. The van der Waals surface area contributed by atoms with E-state index in [0.717, 1.165) is 17.6 Å². The Labute approximate surface area is 114 Å². The van der Waals surface area contributed by atoms with Gasteiger partial charge in [0.2, 0.25) is 0 Å². The molecular formula is C15H23NOS. The summed E-state index contributed by atoms with van der Waals surface area (Å²) in [6.07, 6.45) is 1.28. The van der Waals surface area contributed by atoms with Crippen molar-refractivity contribution in [2.24, 2.45) is 0 Å². The Morgan fingerprint density at radius 2 is 2.11 bits per heavy atom. The Hall–Kier alpha value is -0.670. The third-order valence-electron chi connectivity index (χ3n) is 3.24. The van der Waals surface area contributed by atoms with E-state index in [9.17, 15) is 0 Å². The number of rotatable bonds is 5. The van der Waals surface area contributed by atoms with Crippen LogP contribution in [-0.2, 0) is 0 Å². The summed E-state index contributed by atoms with van der Waals surface area (Å²) in [5.41, 5.74) is 1.27. The van der Waals surface area contributed by atoms with Gasteiger partial charge in [-0.3, -0.25) is 0 Å². The Morgan fingerprint density at radius 1 is 1.39 bits per heavy atom. The minimum Gasteiger partial charge on any atom is -0.492 e. The molecule has 0 radical (unpaired) electrons. The molecule has 1 aliphatic rings. The highest BCUT2D eigenvalue weighted by molar-refractivity contribution is 8.00. The lowest BCUT2D eigenvalue weighted by Crippen LogP contribution is -2.40. The van der Waals surface area contributed by atoms with Crippen molar-refractivity contribution >= 4 is 11.8 Å². The van der Waals surface area contributed by atoms with Gasteiger partial charge in [0, 0.05) is 23.1 Å². The number of aryl methyl sites for hydroxylation is 1. The zero-order valence-corrected chi connectivity index (χ0v) is 12.3. The predicted octanol–water partition coefficient (Wildman–Crippen LogP) is 3.25. The molecule has 3 atom stereocenters.